The first kappa shape index (κ1) is 13.6. The topological polar surface area (TPSA) is 85.9 Å². The third-order valence-electron chi connectivity index (χ3n) is 2.48. The zero-order valence-electron chi connectivity index (χ0n) is 10.2. The van der Waals surface area contributed by atoms with E-state index in [1.807, 2.05) is 0 Å². The van der Waals surface area contributed by atoms with Gasteiger partial charge >= 0.3 is 0 Å². The smallest absolute Gasteiger partial charge is 0.273 e. The molecule has 1 aromatic heterocycles. The average Bonchev–Trinajstić information content (AvgIpc) is 2.75. The van der Waals surface area contributed by atoms with Crippen molar-refractivity contribution in [3.8, 4) is 0 Å². The minimum Gasteiger partial charge on any atom is -0.305 e. The van der Waals surface area contributed by atoms with Crippen LogP contribution < -0.4 is 5.32 Å². The molecule has 0 atom stereocenters. The van der Waals surface area contributed by atoms with E-state index in [0.717, 1.165) is 4.47 Å². The molecule has 2 aromatic rings. The number of aromatic nitrogens is 3. The van der Waals surface area contributed by atoms with Crippen LogP contribution in [0.1, 0.15) is 11.4 Å². The molecular weight excluding hydrogens is 314 g/mol. The molecule has 0 saturated carbocycles. The molecule has 0 aliphatic carbocycles. The molecule has 1 N–H and O–H groups in total. The van der Waals surface area contributed by atoms with Crippen molar-refractivity contribution in [3.63, 3.8) is 0 Å². The predicted molar refractivity (Wildman–Crippen MR) is 72.3 cm³/mol. The molecule has 19 heavy (non-hydrogen) atoms. The summed E-state index contributed by atoms with van der Waals surface area (Å²) in [5.41, 5.74) is 0.722. The van der Waals surface area contributed by atoms with E-state index in [1.54, 1.807) is 30.2 Å². The van der Waals surface area contributed by atoms with Gasteiger partial charge in [-0.25, -0.2) is 4.98 Å². The molecule has 0 spiro atoms. The third-order valence-corrected chi connectivity index (χ3v) is 2.98. The van der Waals surface area contributed by atoms with Gasteiger partial charge in [0.2, 0.25) is 0 Å². The second-order valence-corrected chi connectivity index (χ2v) is 4.88. The quantitative estimate of drug-likeness (QED) is 0.668. The zero-order valence-corrected chi connectivity index (χ0v) is 11.8. The second-order valence-electron chi connectivity index (χ2n) is 3.97. The first-order valence-electron chi connectivity index (χ1n) is 5.54. The van der Waals surface area contributed by atoms with Gasteiger partial charge in [0.15, 0.2) is 5.82 Å². The minimum atomic E-state index is -0.386. The van der Waals surface area contributed by atoms with Crippen molar-refractivity contribution >= 4 is 21.6 Å². The standard InChI is InChI=1S/C11H12BrN5O2/c1-16-7-14-11(15-16)6-13-5-8-4-9(12)2-3-10(8)17(18)19/h2-4,7,13H,5-6H2,1H3. The summed E-state index contributed by atoms with van der Waals surface area (Å²) < 4.78 is 2.42. The van der Waals surface area contributed by atoms with Gasteiger partial charge in [0.1, 0.15) is 6.33 Å². The van der Waals surface area contributed by atoms with Gasteiger partial charge in [-0.05, 0) is 12.1 Å². The summed E-state index contributed by atoms with van der Waals surface area (Å²) in [5, 5.41) is 18.1. The maximum atomic E-state index is 10.9. The van der Waals surface area contributed by atoms with E-state index in [-0.39, 0.29) is 10.6 Å². The SMILES string of the molecule is Cn1cnc(CNCc2cc(Br)ccc2[N+](=O)[O-])n1. The Morgan fingerprint density at radius 3 is 2.89 bits per heavy atom. The normalized spacial score (nSPS) is 10.6. The summed E-state index contributed by atoms with van der Waals surface area (Å²) in [4.78, 5) is 14.6. The lowest BCUT2D eigenvalue weighted by atomic mass is 10.2. The van der Waals surface area contributed by atoms with Crippen molar-refractivity contribution in [2.45, 2.75) is 13.1 Å². The van der Waals surface area contributed by atoms with E-state index in [4.69, 9.17) is 0 Å². The molecule has 1 heterocycles. The minimum absolute atomic E-state index is 0.102. The highest BCUT2D eigenvalue weighted by Gasteiger charge is 2.13. The van der Waals surface area contributed by atoms with Crippen LogP contribution in [0.15, 0.2) is 29.0 Å². The Morgan fingerprint density at radius 2 is 2.26 bits per heavy atom. The maximum absolute atomic E-state index is 10.9. The summed E-state index contributed by atoms with van der Waals surface area (Å²) in [5.74, 6) is 0.653. The van der Waals surface area contributed by atoms with Gasteiger partial charge in [-0.2, -0.15) is 5.10 Å². The fourth-order valence-electron chi connectivity index (χ4n) is 1.65. The molecule has 0 amide bonds. The molecule has 7 nitrogen and oxygen atoms in total. The van der Waals surface area contributed by atoms with Crippen molar-refractivity contribution < 1.29 is 4.92 Å². The number of hydrogen-bond donors (Lipinski definition) is 1. The Morgan fingerprint density at radius 1 is 1.47 bits per heavy atom. The highest BCUT2D eigenvalue weighted by atomic mass is 79.9. The van der Waals surface area contributed by atoms with Crippen molar-refractivity contribution in [1.82, 2.24) is 20.1 Å². The van der Waals surface area contributed by atoms with Gasteiger partial charge in [0.25, 0.3) is 5.69 Å². The van der Waals surface area contributed by atoms with E-state index >= 15 is 0 Å². The van der Waals surface area contributed by atoms with Crippen molar-refractivity contribution in [1.29, 1.82) is 0 Å². The molecule has 0 aliphatic heterocycles. The molecule has 0 unspecified atom stereocenters. The van der Waals surface area contributed by atoms with Gasteiger partial charge in [-0.3, -0.25) is 14.8 Å². The highest BCUT2D eigenvalue weighted by Crippen LogP contribution is 2.22. The Hall–Kier alpha value is -1.80. The van der Waals surface area contributed by atoms with E-state index in [1.165, 1.54) is 6.07 Å². The highest BCUT2D eigenvalue weighted by molar-refractivity contribution is 9.10. The Balaban J connectivity index is 2.02. The van der Waals surface area contributed by atoms with Crippen LogP contribution in [0.3, 0.4) is 0 Å². The molecule has 0 fully saturated rings. The number of nitrogens with one attached hydrogen (secondary N) is 1. The lowest BCUT2D eigenvalue weighted by Gasteiger charge is -2.04. The number of nitro benzene ring substituents is 1. The molecule has 0 bridgehead atoms. The molecule has 2 rings (SSSR count). The lowest BCUT2D eigenvalue weighted by molar-refractivity contribution is -0.385. The predicted octanol–water partition coefficient (Wildman–Crippen LogP) is 1.78. The summed E-state index contributed by atoms with van der Waals surface area (Å²) in [7, 11) is 1.79. The fraction of sp³-hybridized carbons (Fsp3) is 0.273. The van der Waals surface area contributed by atoms with Crippen molar-refractivity contribution in [2.24, 2.45) is 7.05 Å². The molecule has 0 aliphatic rings. The molecule has 8 heteroatoms. The van der Waals surface area contributed by atoms with Crippen LogP contribution in [0.25, 0.3) is 0 Å². The number of benzene rings is 1. The molecule has 0 saturated heterocycles. The van der Waals surface area contributed by atoms with E-state index in [2.05, 4.69) is 31.3 Å². The van der Waals surface area contributed by atoms with E-state index in [0.29, 0.717) is 24.5 Å². The largest absolute Gasteiger partial charge is 0.305 e. The monoisotopic (exact) mass is 325 g/mol. The van der Waals surface area contributed by atoms with Gasteiger partial charge in [-0.15, -0.1) is 0 Å². The summed E-state index contributed by atoms with van der Waals surface area (Å²) in [6.07, 6.45) is 1.61. The summed E-state index contributed by atoms with van der Waals surface area (Å²) >= 11 is 3.31. The number of hydrogen-bond acceptors (Lipinski definition) is 5. The molecule has 1 aromatic carbocycles. The molecule has 0 radical (unpaired) electrons. The number of aryl methyl sites for hydroxylation is 1. The first-order valence-corrected chi connectivity index (χ1v) is 6.33. The van der Waals surface area contributed by atoms with Crippen LogP contribution in [0.5, 0.6) is 0 Å². The van der Waals surface area contributed by atoms with Crippen LogP contribution in [0, 0.1) is 10.1 Å². The first-order chi connectivity index (χ1) is 9.06. The van der Waals surface area contributed by atoms with Crippen molar-refractivity contribution in [2.75, 3.05) is 0 Å². The third kappa shape index (κ3) is 3.58. The molecular formula is C11H12BrN5O2. The Kier molecular flexibility index (Phi) is 4.23. The fourth-order valence-corrected chi connectivity index (χ4v) is 2.06. The number of halogens is 1. The van der Waals surface area contributed by atoms with Crippen LogP contribution >= 0.6 is 15.9 Å². The lowest BCUT2D eigenvalue weighted by Crippen LogP contribution is -2.15. The average molecular weight is 326 g/mol. The van der Waals surface area contributed by atoms with Gasteiger partial charge in [0, 0.05) is 29.7 Å². The summed E-state index contributed by atoms with van der Waals surface area (Å²) in [6.45, 7) is 0.846. The van der Waals surface area contributed by atoms with Crippen LogP contribution in [0.4, 0.5) is 5.69 Å². The van der Waals surface area contributed by atoms with E-state index in [9.17, 15) is 10.1 Å². The second kappa shape index (κ2) is 5.89. The Bertz CT molecular complexity index is 599. The number of nitro groups is 1. The van der Waals surface area contributed by atoms with Gasteiger partial charge in [-0.1, -0.05) is 15.9 Å². The van der Waals surface area contributed by atoms with Crippen LogP contribution in [-0.2, 0) is 20.1 Å². The van der Waals surface area contributed by atoms with Crippen molar-refractivity contribution in [3.05, 3.63) is 50.5 Å². The molecule has 100 valence electrons. The zero-order chi connectivity index (χ0) is 13.8. The maximum Gasteiger partial charge on any atom is 0.273 e. The summed E-state index contributed by atoms with van der Waals surface area (Å²) in [6, 6.07) is 4.87. The van der Waals surface area contributed by atoms with Crippen LogP contribution in [0.2, 0.25) is 0 Å². The van der Waals surface area contributed by atoms with E-state index < -0.39 is 0 Å². The Labute approximate surface area is 117 Å². The van der Waals surface area contributed by atoms with Gasteiger partial charge in [0.05, 0.1) is 11.5 Å². The number of rotatable bonds is 5. The number of nitrogens with zero attached hydrogens (tertiary/aromatic N) is 4. The van der Waals surface area contributed by atoms with Gasteiger partial charge < -0.3 is 5.32 Å². The van der Waals surface area contributed by atoms with Crippen LogP contribution in [-0.4, -0.2) is 19.7 Å².